The molecule has 0 spiro atoms. The van der Waals surface area contributed by atoms with Gasteiger partial charge in [-0.05, 0) is 44.0 Å². The maximum absolute atomic E-state index is 11.9. The van der Waals surface area contributed by atoms with Crippen LogP contribution >= 0.6 is 0 Å². The van der Waals surface area contributed by atoms with E-state index in [1.807, 2.05) is 13.8 Å². The summed E-state index contributed by atoms with van der Waals surface area (Å²) in [5.74, 6) is -1.17. The number of aryl methyl sites for hydroxylation is 2. The molecule has 110 valence electrons. The van der Waals surface area contributed by atoms with Crippen LogP contribution in [0, 0.1) is 13.8 Å². The van der Waals surface area contributed by atoms with Crippen LogP contribution in [0.4, 0.5) is 5.69 Å². The van der Waals surface area contributed by atoms with Crippen molar-refractivity contribution in [3.8, 4) is 0 Å². The van der Waals surface area contributed by atoms with Gasteiger partial charge in [0, 0.05) is 17.8 Å². The molecule has 1 heterocycles. The first kappa shape index (κ1) is 14.8. The van der Waals surface area contributed by atoms with Crippen molar-refractivity contribution < 1.29 is 14.7 Å². The molecule has 0 saturated carbocycles. The molecule has 21 heavy (non-hydrogen) atoms. The van der Waals surface area contributed by atoms with Gasteiger partial charge in [0.1, 0.15) is 0 Å². The first-order valence-electron chi connectivity index (χ1n) is 6.61. The Morgan fingerprint density at radius 2 is 2.10 bits per heavy atom. The molecule has 0 aliphatic heterocycles. The highest BCUT2D eigenvalue weighted by Gasteiger charge is 2.10. The Kier molecular flexibility index (Phi) is 4.37. The number of nitrogens with one attached hydrogen (secondary N) is 2. The zero-order chi connectivity index (χ0) is 15.4. The molecule has 0 aliphatic carbocycles. The summed E-state index contributed by atoms with van der Waals surface area (Å²) < 4.78 is 0. The van der Waals surface area contributed by atoms with Gasteiger partial charge < -0.3 is 10.4 Å². The van der Waals surface area contributed by atoms with Crippen LogP contribution in [0.25, 0.3) is 0 Å². The number of aromatic amines is 1. The second kappa shape index (κ2) is 6.21. The molecule has 0 atom stereocenters. The molecule has 1 aromatic carbocycles. The standard InChI is InChI=1S/C15H17N3O3/c1-9-13(10(2)18-17-9)6-7-14(19)16-12-5-3-4-11(8-12)15(20)21/h3-5,8H,6-7H2,1-2H3,(H,16,19)(H,17,18)(H,20,21). The lowest BCUT2D eigenvalue weighted by atomic mass is 10.1. The average Bonchev–Trinajstić information content (AvgIpc) is 2.76. The van der Waals surface area contributed by atoms with Crippen molar-refractivity contribution in [2.24, 2.45) is 0 Å². The molecule has 1 amide bonds. The van der Waals surface area contributed by atoms with E-state index < -0.39 is 5.97 Å². The molecular weight excluding hydrogens is 270 g/mol. The predicted octanol–water partition coefficient (Wildman–Crippen LogP) is 2.30. The maximum Gasteiger partial charge on any atom is 0.335 e. The van der Waals surface area contributed by atoms with E-state index in [4.69, 9.17) is 5.11 Å². The fourth-order valence-corrected chi connectivity index (χ4v) is 2.13. The minimum absolute atomic E-state index is 0.148. The van der Waals surface area contributed by atoms with Gasteiger partial charge in [-0.3, -0.25) is 9.89 Å². The number of carbonyl (C=O) groups is 2. The lowest BCUT2D eigenvalue weighted by molar-refractivity contribution is -0.116. The lowest BCUT2D eigenvalue weighted by Gasteiger charge is -2.06. The maximum atomic E-state index is 11.9. The number of benzene rings is 1. The van der Waals surface area contributed by atoms with Crippen molar-refractivity contribution in [3.05, 3.63) is 46.8 Å². The van der Waals surface area contributed by atoms with Crippen LogP contribution in [-0.4, -0.2) is 27.2 Å². The summed E-state index contributed by atoms with van der Waals surface area (Å²) in [6, 6.07) is 6.19. The molecule has 0 unspecified atom stereocenters. The molecule has 6 heteroatoms. The van der Waals surface area contributed by atoms with Gasteiger partial charge in [-0.25, -0.2) is 4.79 Å². The first-order valence-corrected chi connectivity index (χ1v) is 6.61. The van der Waals surface area contributed by atoms with E-state index in [0.717, 1.165) is 17.0 Å². The van der Waals surface area contributed by atoms with E-state index in [1.165, 1.54) is 12.1 Å². The van der Waals surface area contributed by atoms with E-state index in [1.54, 1.807) is 12.1 Å². The number of carbonyl (C=O) groups excluding carboxylic acids is 1. The molecule has 0 bridgehead atoms. The highest BCUT2D eigenvalue weighted by atomic mass is 16.4. The fraction of sp³-hybridized carbons (Fsp3) is 0.267. The SMILES string of the molecule is Cc1n[nH]c(C)c1CCC(=O)Nc1cccc(C(=O)O)c1. The number of amides is 1. The molecule has 2 rings (SSSR count). The van der Waals surface area contributed by atoms with Crippen LogP contribution in [-0.2, 0) is 11.2 Å². The topological polar surface area (TPSA) is 95.1 Å². The molecule has 0 radical (unpaired) electrons. The Balaban J connectivity index is 1.96. The Labute approximate surface area is 122 Å². The molecule has 0 saturated heterocycles. The van der Waals surface area contributed by atoms with Gasteiger partial charge in [-0.1, -0.05) is 6.07 Å². The van der Waals surface area contributed by atoms with E-state index in [-0.39, 0.29) is 11.5 Å². The summed E-state index contributed by atoms with van der Waals surface area (Å²) in [5.41, 5.74) is 3.54. The molecule has 3 N–H and O–H groups in total. The smallest absolute Gasteiger partial charge is 0.335 e. The lowest BCUT2D eigenvalue weighted by Crippen LogP contribution is -2.13. The summed E-state index contributed by atoms with van der Waals surface area (Å²) in [4.78, 5) is 22.8. The van der Waals surface area contributed by atoms with Gasteiger partial charge in [-0.2, -0.15) is 5.10 Å². The third-order valence-corrected chi connectivity index (χ3v) is 3.28. The van der Waals surface area contributed by atoms with Gasteiger partial charge in [0.05, 0.1) is 11.3 Å². The second-order valence-corrected chi connectivity index (χ2v) is 4.85. The molecule has 2 aromatic rings. The number of anilines is 1. The van der Waals surface area contributed by atoms with Crippen molar-refractivity contribution in [1.29, 1.82) is 0 Å². The molecular formula is C15H17N3O3. The summed E-state index contributed by atoms with van der Waals surface area (Å²) in [5, 5.41) is 18.6. The number of H-pyrrole nitrogens is 1. The number of hydrogen-bond donors (Lipinski definition) is 3. The van der Waals surface area contributed by atoms with Crippen molar-refractivity contribution in [3.63, 3.8) is 0 Å². The quantitative estimate of drug-likeness (QED) is 0.786. The van der Waals surface area contributed by atoms with Crippen LogP contribution in [0.5, 0.6) is 0 Å². The van der Waals surface area contributed by atoms with Gasteiger partial charge in [0.15, 0.2) is 0 Å². The zero-order valence-corrected chi connectivity index (χ0v) is 11.9. The summed E-state index contributed by atoms with van der Waals surface area (Å²) >= 11 is 0. The summed E-state index contributed by atoms with van der Waals surface area (Å²) in [6.07, 6.45) is 0.914. The van der Waals surface area contributed by atoms with Crippen LogP contribution in [0.2, 0.25) is 0 Å². The van der Waals surface area contributed by atoms with Gasteiger partial charge in [0.2, 0.25) is 5.91 Å². The Bertz CT molecular complexity index is 657. The van der Waals surface area contributed by atoms with Gasteiger partial charge in [-0.15, -0.1) is 0 Å². The largest absolute Gasteiger partial charge is 0.478 e. The van der Waals surface area contributed by atoms with Gasteiger partial charge >= 0.3 is 5.97 Å². The molecule has 0 fully saturated rings. The highest BCUT2D eigenvalue weighted by molar-refractivity contribution is 5.93. The normalized spacial score (nSPS) is 10.4. The van der Waals surface area contributed by atoms with Gasteiger partial charge in [0.25, 0.3) is 0 Å². The van der Waals surface area contributed by atoms with E-state index in [9.17, 15) is 9.59 Å². The van der Waals surface area contributed by atoms with Crippen molar-refractivity contribution in [2.75, 3.05) is 5.32 Å². The third kappa shape index (κ3) is 3.68. The number of hydrogen-bond acceptors (Lipinski definition) is 3. The zero-order valence-electron chi connectivity index (χ0n) is 11.9. The number of aromatic nitrogens is 2. The summed E-state index contributed by atoms with van der Waals surface area (Å²) in [6.45, 7) is 3.82. The molecule has 6 nitrogen and oxygen atoms in total. The van der Waals surface area contributed by atoms with Crippen molar-refractivity contribution in [2.45, 2.75) is 26.7 Å². The first-order chi connectivity index (χ1) is 9.97. The number of aromatic carboxylic acids is 1. The number of nitrogens with zero attached hydrogens (tertiary/aromatic N) is 1. The predicted molar refractivity (Wildman–Crippen MR) is 78.4 cm³/mol. The number of carboxylic acids is 1. The highest BCUT2D eigenvalue weighted by Crippen LogP contribution is 2.14. The van der Waals surface area contributed by atoms with Crippen LogP contribution in [0.3, 0.4) is 0 Å². The van der Waals surface area contributed by atoms with Crippen molar-refractivity contribution in [1.82, 2.24) is 10.2 Å². The monoisotopic (exact) mass is 287 g/mol. The van der Waals surface area contributed by atoms with E-state index in [2.05, 4.69) is 15.5 Å². The Morgan fingerprint density at radius 1 is 1.33 bits per heavy atom. The second-order valence-electron chi connectivity index (χ2n) is 4.85. The van der Waals surface area contributed by atoms with Crippen molar-refractivity contribution >= 4 is 17.6 Å². The molecule has 0 aliphatic rings. The van der Waals surface area contributed by atoms with Crippen LogP contribution in [0.1, 0.15) is 33.7 Å². The minimum Gasteiger partial charge on any atom is -0.478 e. The fourth-order valence-electron chi connectivity index (χ4n) is 2.13. The van der Waals surface area contributed by atoms with Crippen LogP contribution < -0.4 is 5.32 Å². The molecule has 1 aromatic heterocycles. The van der Waals surface area contributed by atoms with E-state index >= 15 is 0 Å². The Morgan fingerprint density at radius 3 is 2.71 bits per heavy atom. The van der Waals surface area contributed by atoms with Crippen LogP contribution in [0.15, 0.2) is 24.3 Å². The number of rotatable bonds is 5. The minimum atomic E-state index is -1.02. The van der Waals surface area contributed by atoms with E-state index in [0.29, 0.717) is 18.5 Å². The average molecular weight is 287 g/mol. The summed E-state index contributed by atoms with van der Waals surface area (Å²) in [7, 11) is 0. The third-order valence-electron chi connectivity index (χ3n) is 3.28. The number of carboxylic acid groups (broad SMARTS) is 1. The Hall–Kier alpha value is -2.63.